The third kappa shape index (κ3) is 40.3. The maximum atomic E-state index is 2.24. The predicted molar refractivity (Wildman–Crippen MR) is 70.8 cm³/mol. The monoisotopic (exact) mass is 202 g/mol. The summed E-state index contributed by atoms with van der Waals surface area (Å²) in [6.07, 6.45) is 2.54. The average Bonchev–Trinajstić information content (AvgIpc) is 2.07. The Kier molecular flexibility index (Phi) is 13.3. The minimum Gasteiger partial charge on any atom is -0.0683 e. The van der Waals surface area contributed by atoms with Gasteiger partial charge >= 0.3 is 0 Å². The van der Waals surface area contributed by atoms with Crippen LogP contribution in [0.4, 0.5) is 0 Å². The van der Waals surface area contributed by atoms with Gasteiger partial charge in [-0.25, -0.2) is 0 Å². The maximum absolute atomic E-state index is 2.24. The van der Waals surface area contributed by atoms with Crippen molar-refractivity contribution < 1.29 is 0 Å². The zero-order chi connectivity index (χ0) is 12.4. The van der Waals surface area contributed by atoms with Gasteiger partial charge in [0.1, 0.15) is 0 Å². The lowest BCUT2D eigenvalue weighted by Gasteiger charge is -2.12. The summed E-state index contributed by atoms with van der Waals surface area (Å²) in [4.78, 5) is 0. The molecule has 0 aromatic rings. The minimum absolute atomic E-state index is 0.542. The molecule has 0 spiro atoms. The molecule has 0 atom stereocenters. The quantitative estimate of drug-likeness (QED) is 0.458. The topological polar surface area (TPSA) is 0 Å². The van der Waals surface area contributed by atoms with Gasteiger partial charge in [-0.05, 0) is 10.8 Å². The van der Waals surface area contributed by atoms with Crippen molar-refractivity contribution in [1.29, 1.82) is 0 Å². The van der Waals surface area contributed by atoms with Crippen LogP contribution in [0.15, 0.2) is 0 Å². The summed E-state index contributed by atoms with van der Waals surface area (Å²) in [7, 11) is 0. The molecule has 0 amide bonds. The zero-order valence-corrected chi connectivity index (χ0v) is 12.4. The molecule has 0 bridgehead atoms. The minimum atomic E-state index is 0.542. The molecule has 0 nitrogen and oxygen atoms in total. The molecule has 0 N–H and O–H groups in total. The Morgan fingerprint density at radius 2 is 0.643 bits per heavy atom. The lowest BCUT2D eigenvalue weighted by molar-refractivity contribution is 0.397. The Morgan fingerprint density at radius 3 is 0.643 bits per heavy atom. The van der Waals surface area contributed by atoms with Crippen molar-refractivity contribution in [3.8, 4) is 0 Å². The highest BCUT2D eigenvalue weighted by molar-refractivity contribution is 4.55. The lowest BCUT2D eigenvalue weighted by atomic mass is 9.94. The first-order valence-electron chi connectivity index (χ1n) is 6.12. The second-order valence-corrected chi connectivity index (χ2v) is 5.83. The zero-order valence-electron chi connectivity index (χ0n) is 12.4. The third-order valence-corrected chi connectivity index (χ3v) is 2.12. The Balaban J connectivity index is -0.000000147. The van der Waals surface area contributed by atoms with Gasteiger partial charge in [-0.1, -0.05) is 82.1 Å². The van der Waals surface area contributed by atoms with E-state index in [-0.39, 0.29) is 0 Å². The largest absolute Gasteiger partial charge is 0.0683 e. The van der Waals surface area contributed by atoms with E-state index in [0.29, 0.717) is 10.8 Å². The first kappa shape index (κ1) is 19.6. The lowest BCUT2D eigenvalue weighted by Crippen LogP contribution is -2.00. The normalized spacial score (nSPS) is 10.7. The van der Waals surface area contributed by atoms with E-state index in [1.807, 2.05) is 13.8 Å². The molecular weight excluding hydrogens is 168 g/mol. The molecule has 0 unspecified atom stereocenters. The van der Waals surface area contributed by atoms with E-state index in [4.69, 9.17) is 0 Å². The van der Waals surface area contributed by atoms with E-state index >= 15 is 0 Å². The summed E-state index contributed by atoms with van der Waals surface area (Å²) >= 11 is 0. The van der Waals surface area contributed by atoms with Gasteiger partial charge in [0.05, 0.1) is 0 Å². The first-order valence-corrected chi connectivity index (χ1v) is 6.12. The molecule has 90 valence electrons. The first-order chi connectivity index (χ1) is 6.12. The second kappa shape index (κ2) is 9.55. The van der Waals surface area contributed by atoms with Crippen molar-refractivity contribution in [3.63, 3.8) is 0 Å². The van der Waals surface area contributed by atoms with Gasteiger partial charge in [0.25, 0.3) is 0 Å². The molecule has 0 saturated carbocycles. The average molecular weight is 202 g/mol. The van der Waals surface area contributed by atoms with Crippen molar-refractivity contribution in [2.24, 2.45) is 10.8 Å². The van der Waals surface area contributed by atoms with Crippen LogP contribution in [0.1, 0.15) is 82.1 Å². The molecule has 0 saturated heterocycles. The van der Waals surface area contributed by atoms with Crippen LogP contribution in [0.5, 0.6) is 0 Å². The summed E-state index contributed by atoms with van der Waals surface area (Å²) in [6.45, 7) is 21.9. The van der Waals surface area contributed by atoms with Gasteiger partial charge in [-0.15, -0.1) is 0 Å². The van der Waals surface area contributed by atoms with E-state index in [1.165, 1.54) is 12.8 Å². The molecular formula is C14H34. The Bertz CT molecular complexity index is 73.6. The Hall–Kier alpha value is 0. The highest BCUT2D eigenvalue weighted by atomic mass is 14.1. The van der Waals surface area contributed by atoms with Crippen LogP contribution >= 0.6 is 0 Å². The highest BCUT2D eigenvalue weighted by Crippen LogP contribution is 2.16. The van der Waals surface area contributed by atoms with E-state index < -0.39 is 0 Å². The van der Waals surface area contributed by atoms with Gasteiger partial charge in [0.15, 0.2) is 0 Å². The van der Waals surface area contributed by atoms with E-state index in [0.717, 1.165) is 0 Å². The Morgan fingerprint density at radius 1 is 0.571 bits per heavy atom. The van der Waals surface area contributed by atoms with E-state index in [1.54, 1.807) is 0 Å². The van der Waals surface area contributed by atoms with E-state index in [9.17, 15) is 0 Å². The number of hydrogen-bond acceptors (Lipinski definition) is 0. The van der Waals surface area contributed by atoms with Gasteiger partial charge in [0.2, 0.25) is 0 Å². The summed E-state index contributed by atoms with van der Waals surface area (Å²) in [5.41, 5.74) is 1.08. The second-order valence-electron chi connectivity index (χ2n) is 5.83. The van der Waals surface area contributed by atoms with Gasteiger partial charge in [0, 0.05) is 0 Å². The molecule has 0 heteroatoms. The van der Waals surface area contributed by atoms with E-state index in [2.05, 4.69) is 55.4 Å². The van der Waals surface area contributed by atoms with Crippen LogP contribution in [0.2, 0.25) is 0 Å². The highest BCUT2D eigenvalue weighted by Gasteiger charge is 2.03. The fourth-order valence-corrected chi connectivity index (χ4v) is 0. The summed E-state index contributed by atoms with van der Waals surface area (Å²) in [5, 5.41) is 0. The molecule has 0 rings (SSSR count). The van der Waals surface area contributed by atoms with Crippen molar-refractivity contribution in [3.05, 3.63) is 0 Å². The SMILES string of the molecule is CC.CCC(C)(C)C.CCC(C)(C)C. The van der Waals surface area contributed by atoms with Crippen LogP contribution in [0, 0.1) is 10.8 Å². The fourth-order valence-electron chi connectivity index (χ4n) is 0. The summed E-state index contributed by atoms with van der Waals surface area (Å²) in [5.74, 6) is 0. The predicted octanol–water partition coefficient (Wildman–Crippen LogP) is 5.91. The molecule has 0 aromatic carbocycles. The number of hydrogen-bond donors (Lipinski definition) is 0. The van der Waals surface area contributed by atoms with Crippen molar-refractivity contribution in [1.82, 2.24) is 0 Å². The summed E-state index contributed by atoms with van der Waals surface area (Å²) < 4.78 is 0. The van der Waals surface area contributed by atoms with Crippen molar-refractivity contribution in [2.75, 3.05) is 0 Å². The van der Waals surface area contributed by atoms with Crippen molar-refractivity contribution >= 4 is 0 Å². The Labute approximate surface area is 93.5 Å². The van der Waals surface area contributed by atoms with Gasteiger partial charge in [-0.2, -0.15) is 0 Å². The smallest absolute Gasteiger partial charge is 0.0385 e. The molecule has 0 fully saturated rings. The molecule has 14 heavy (non-hydrogen) atoms. The van der Waals surface area contributed by atoms with Crippen molar-refractivity contribution in [2.45, 2.75) is 82.1 Å². The van der Waals surface area contributed by atoms with Crippen LogP contribution in [0.3, 0.4) is 0 Å². The fraction of sp³-hybridized carbons (Fsp3) is 1.00. The molecule has 0 aromatic heterocycles. The standard InChI is InChI=1S/2C6H14.C2H6/c2*1-5-6(2,3)4;1-2/h2*5H2,1-4H3;1-2H3. The summed E-state index contributed by atoms with van der Waals surface area (Å²) in [6, 6.07) is 0. The molecule has 0 radical (unpaired) electrons. The van der Waals surface area contributed by atoms with Gasteiger partial charge < -0.3 is 0 Å². The van der Waals surface area contributed by atoms with Crippen LogP contribution in [0.25, 0.3) is 0 Å². The molecule has 0 heterocycles. The molecule has 0 aliphatic rings. The van der Waals surface area contributed by atoms with Crippen LogP contribution in [-0.4, -0.2) is 0 Å². The number of rotatable bonds is 0. The third-order valence-electron chi connectivity index (χ3n) is 2.12. The van der Waals surface area contributed by atoms with Crippen LogP contribution < -0.4 is 0 Å². The van der Waals surface area contributed by atoms with Crippen LogP contribution in [-0.2, 0) is 0 Å². The maximum Gasteiger partial charge on any atom is -0.0385 e. The molecule has 0 aliphatic heterocycles. The van der Waals surface area contributed by atoms with Gasteiger partial charge in [-0.3, -0.25) is 0 Å². The molecule has 0 aliphatic carbocycles.